The Bertz CT molecular complexity index is 304. The van der Waals surface area contributed by atoms with Crippen LogP contribution >= 0.6 is 0 Å². The van der Waals surface area contributed by atoms with Gasteiger partial charge in [-0.2, -0.15) is 0 Å². The highest BCUT2D eigenvalue weighted by Crippen LogP contribution is 2.60. The quantitative estimate of drug-likeness (QED) is 0.816. The second-order valence-corrected chi connectivity index (χ2v) is 7.30. The number of hydrogen-bond donors (Lipinski definition) is 1. The molecular weight excluding hydrogens is 226 g/mol. The van der Waals surface area contributed by atoms with Crippen LogP contribution in [0.5, 0.6) is 0 Å². The summed E-state index contributed by atoms with van der Waals surface area (Å²) < 4.78 is 0. The predicted molar refractivity (Wildman–Crippen MR) is 70.4 cm³/mol. The zero-order valence-electron chi connectivity index (χ0n) is 11.4. The number of carboxylic acids is 1. The minimum Gasteiger partial charge on any atom is -0.481 e. The Kier molecular flexibility index (Phi) is 3.13. The molecule has 4 aliphatic rings. The Hall–Kier alpha value is -0.570. The maximum Gasteiger partial charge on any atom is 0.304 e. The van der Waals surface area contributed by atoms with Gasteiger partial charge in [-0.3, -0.25) is 4.79 Å². The van der Waals surface area contributed by atoms with E-state index in [9.17, 15) is 4.79 Å². The maximum absolute atomic E-state index is 10.6. The second-order valence-electron chi connectivity index (χ2n) is 7.30. The fourth-order valence-electron chi connectivity index (χ4n) is 5.42. The van der Waals surface area contributed by atoms with Gasteiger partial charge in [0.25, 0.3) is 0 Å². The topological polar surface area (TPSA) is 40.5 Å². The van der Waals surface area contributed by atoms with Gasteiger partial charge in [0, 0.05) is 13.1 Å². The monoisotopic (exact) mass is 251 g/mol. The van der Waals surface area contributed by atoms with Crippen molar-refractivity contribution in [1.82, 2.24) is 4.90 Å². The summed E-state index contributed by atoms with van der Waals surface area (Å²) in [5.41, 5.74) is 0.544. The first-order valence-electron chi connectivity index (χ1n) is 7.45. The molecule has 102 valence electrons. The average Bonchev–Trinajstić information content (AvgIpc) is 2.23. The molecule has 4 aliphatic carbocycles. The van der Waals surface area contributed by atoms with Crippen molar-refractivity contribution in [1.29, 1.82) is 0 Å². The molecule has 0 saturated heterocycles. The lowest BCUT2D eigenvalue weighted by atomic mass is 9.49. The molecule has 1 N–H and O–H groups in total. The number of hydrogen-bond acceptors (Lipinski definition) is 2. The zero-order chi connectivity index (χ0) is 12.8. The number of aliphatic carboxylic acids is 1. The summed E-state index contributed by atoms with van der Waals surface area (Å²) in [7, 11) is 2.10. The van der Waals surface area contributed by atoms with E-state index in [1.165, 1.54) is 38.5 Å². The molecule has 0 spiro atoms. The van der Waals surface area contributed by atoms with Gasteiger partial charge in [0.05, 0.1) is 6.42 Å². The van der Waals surface area contributed by atoms with Crippen molar-refractivity contribution >= 4 is 5.97 Å². The Balaban J connectivity index is 1.60. The lowest BCUT2D eigenvalue weighted by molar-refractivity contribution is -0.137. The van der Waals surface area contributed by atoms with E-state index in [1.807, 2.05) is 0 Å². The predicted octanol–water partition coefficient (Wildman–Crippen LogP) is 2.61. The third-order valence-electron chi connectivity index (χ3n) is 5.48. The summed E-state index contributed by atoms with van der Waals surface area (Å²) in [5, 5.41) is 8.77. The molecule has 0 atom stereocenters. The molecule has 0 aliphatic heterocycles. The van der Waals surface area contributed by atoms with Gasteiger partial charge < -0.3 is 10.0 Å². The van der Waals surface area contributed by atoms with Crippen LogP contribution in [-0.2, 0) is 4.79 Å². The lowest BCUT2D eigenvalue weighted by Crippen LogP contribution is -2.50. The van der Waals surface area contributed by atoms with E-state index in [4.69, 9.17) is 5.11 Å². The number of rotatable bonds is 5. The second kappa shape index (κ2) is 4.52. The minimum absolute atomic E-state index is 0.281. The molecule has 0 aromatic heterocycles. The van der Waals surface area contributed by atoms with E-state index < -0.39 is 5.97 Å². The zero-order valence-corrected chi connectivity index (χ0v) is 11.4. The van der Waals surface area contributed by atoms with E-state index in [0.29, 0.717) is 12.0 Å². The lowest BCUT2D eigenvalue weighted by Gasteiger charge is -2.57. The fourth-order valence-corrected chi connectivity index (χ4v) is 5.42. The molecule has 0 heterocycles. The molecule has 0 amide bonds. The molecule has 0 unspecified atom stereocenters. The molecule has 3 nitrogen and oxygen atoms in total. The molecular formula is C15H25NO2. The Morgan fingerprint density at radius 2 is 1.67 bits per heavy atom. The van der Waals surface area contributed by atoms with Crippen molar-refractivity contribution in [3.05, 3.63) is 0 Å². The van der Waals surface area contributed by atoms with E-state index in [1.54, 1.807) is 0 Å². The van der Waals surface area contributed by atoms with Crippen molar-refractivity contribution in [2.75, 3.05) is 20.1 Å². The van der Waals surface area contributed by atoms with E-state index in [2.05, 4.69) is 11.9 Å². The smallest absolute Gasteiger partial charge is 0.304 e. The first kappa shape index (κ1) is 12.5. The van der Waals surface area contributed by atoms with Crippen molar-refractivity contribution in [2.45, 2.75) is 44.9 Å². The third-order valence-corrected chi connectivity index (χ3v) is 5.48. The third kappa shape index (κ3) is 2.42. The van der Waals surface area contributed by atoms with Crippen LogP contribution < -0.4 is 0 Å². The Morgan fingerprint density at radius 3 is 2.11 bits per heavy atom. The highest BCUT2D eigenvalue weighted by Gasteiger charge is 2.50. The van der Waals surface area contributed by atoms with Gasteiger partial charge in [-0.1, -0.05) is 0 Å². The van der Waals surface area contributed by atoms with Gasteiger partial charge in [-0.25, -0.2) is 0 Å². The van der Waals surface area contributed by atoms with Crippen LogP contribution in [0.25, 0.3) is 0 Å². The van der Waals surface area contributed by atoms with Crippen LogP contribution in [0.1, 0.15) is 44.9 Å². The van der Waals surface area contributed by atoms with Crippen LogP contribution in [0.4, 0.5) is 0 Å². The molecule has 0 radical (unpaired) electrons. The molecule has 4 saturated carbocycles. The van der Waals surface area contributed by atoms with Crippen molar-refractivity contribution < 1.29 is 9.90 Å². The van der Waals surface area contributed by atoms with Gasteiger partial charge >= 0.3 is 5.97 Å². The standard InChI is InChI=1S/C15H25NO2/c1-16(3-2-14(17)18)10-15-7-11-4-12(8-15)6-13(5-11)9-15/h11-13H,2-10H2,1H3,(H,17,18). The maximum atomic E-state index is 10.6. The molecule has 4 rings (SSSR count). The molecule has 0 aromatic carbocycles. The molecule has 3 heteroatoms. The van der Waals surface area contributed by atoms with E-state index in [-0.39, 0.29) is 6.42 Å². The van der Waals surface area contributed by atoms with E-state index >= 15 is 0 Å². The SMILES string of the molecule is CN(CCC(=O)O)CC12CC3CC(CC(C3)C1)C2. The highest BCUT2D eigenvalue weighted by atomic mass is 16.4. The largest absolute Gasteiger partial charge is 0.481 e. The Morgan fingerprint density at radius 1 is 1.17 bits per heavy atom. The first-order chi connectivity index (χ1) is 8.55. The summed E-state index contributed by atoms with van der Waals surface area (Å²) in [6.07, 6.45) is 8.97. The summed E-state index contributed by atoms with van der Waals surface area (Å²) in [4.78, 5) is 12.9. The van der Waals surface area contributed by atoms with Crippen LogP contribution in [-0.4, -0.2) is 36.1 Å². The van der Waals surface area contributed by atoms with Gasteiger partial charge in [0.2, 0.25) is 0 Å². The Labute approximate surface area is 110 Å². The van der Waals surface area contributed by atoms with Gasteiger partial charge in [-0.15, -0.1) is 0 Å². The normalized spacial score (nSPS) is 41.6. The summed E-state index contributed by atoms with van der Waals surface area (Å²) in [6.45, 7) is 1.83. The number of carboxylic acid groups (broad SMARTS) is 1. The van der Waals surface area contributed by atoms with Crippen molar-refractivity contribution in [3.63, 3.8) is 0 Å². The van der Waals surface area contributed by atoms with Crippen LogP contribution in [0, 0.1) is 23.2 Å². The van der Waals surface area contributed by atoms with Gasteiger partial charge in [0.1, 0.15) is 0 Å². The van der Waals surface area contributed by atoms with Crippen LogP contribution in [0.3, 0.4) is 0 Å². The molecule has 4 fully saturated rings. The summed E-state index contributed by atoms with van der Waals surface area (Å²) >= 11 is 0. The molecule has 4 bridgehead atoms. The molecule has 18 heavy (non-hydrogen) atoms. The summed E-state index contributed by atoms with van der Waals surface area (Å²) in [5.74, 6) is 2.30. The minimum atomic E-state index is -0.674. The van der Waals surface area contributed by atoms with Crippen LogP contribution in [0.2, 0.25) is 0 Å². The first-order valence-corrected chi connectivity index (χ1v) is 7.45. The van der Waals surface area contributed by atoms with Crippen molar-refractivity contribution in [3.8, 4) is 0 Å². The van der Waals surface area contributed by atoms with Crippen molar-refractivity contribution in [2.24, 2.45) is 23.2 Å². The fraction of sp³-hybridized carbons (Fsp3) is 0.933. The molecule has 0 aromatic rings. The van der Waals surface area contributed by atoms with Gasteiger partial charge in [-0.05, 0) is 68.7 Å². The van der Waals surface area contributed by atoms with E-state index in [0.717, 1.165) is 24.3 Å². The van der Waals surface area contributed by atoms with Gasteiger partial charge in [0.15, 0.2) is 0 Å². The number of carbonyl (C=O) groups is 1. The average molecular weight is 251 g/mol. The van der Waals surface area contributed by atoms with Crippen LogP contribution in [0.15, 0.2) is 0 Å². The highest BCUT2D eigenvalue weighted by molar-refractivity contribution is 5.66. The number of nitrogens with zero attached hydrogens (tertiary/aromatic N) is 1. The summed E-state index contributed by atoms with van der Waals surface area (Å²) in [6, 6.07) is 0.